The minimum atomic E-state index is 1.16. The van der Waals surface area contributed by atoms with E-state index in [4.69, 9.17) is 0 Å². The van der Waals surface area contributed by atoms with E-state index in [2.05, 4.69) is 83.5 Å². The molecule has 0 atom stereocenters. The van der Waals surface area contributed by atoms with E-state index >= 15 is 0 Å². The highest BCUT2D eigenvalue weighted by molar-refractivity contribution is 9.10. The molecule has 0 fully saturated rings. The largest absolute Gasteiger partial charge is 0.0616 e. The number of benzene rings is 3. The smallest absolute Gasteiger partial charge is 0.0210 e. The molecule has 18 heavy (non-hydrogen) atoms. The number of rotatable bonds is 1. The quantitative estimate of drug-likeness (QED) is 0.550. The zero-order valence-electron chi connectivity index (χ0n) is 10.2. The van der Waals surface area contributed by atoms with E-state index in [0.29, 0.717) is 0 Å². The van der Waals surface area contributed by atoms with Gasteiger partial charge in [-0.2, -0.15) is 0 Å². The van der Waals surface area contributed by atoms with E-state index in [1.54, 1.807) is 0 Å². The minimum absolute atomic E-state index is 1.16. The van der Waals surface area contributed by atoms with Crippen molar-refractivity contribution in [1.82, 2.24) is 0 Å². The van der Waals surface area contributed by atoms with Gasteiger partial charge in [0.1, 0.15) is 0 Å². The Morgan fingerprint density at radius 2 is 1.39 bits per heavy atom. The minimum Gasteiger partial charge on any atom is -0.0616 e. The fourth-order valence-corrected chi connectivity index (χ4v) is 2.52. The van der Waals surface area contributed by atoms with Crippen LogP contribution in [0.3, 0.4) is 0 Å². The van der Waals surface area contributed by atoms with Crippen molar-refractivity contribution < 1.29 is 0 Å². The van der Waals surface area contributed by atoms with Crippen LogP contribution in [0.25, 0.3) is 21.9 Å². The number of fused-ring (bicyclic) bond motifs is 1. The fourth-order valence-electron chi connectivity index (χ4n) is 2.14. The van der Waals surface area contributed by atoms with Gasteiger partial charge in [-0.15, -0.1) is 0 Å². The summed E-state index contributed by atoms with van der Waals surface area (Å²) < 4.78 is 1.16. The van der Waals surface area contributed by atoms with Crippen LogP contribution < -0.4 is 0 Å². The summed E-state index contributed by atoms with van der Waals surface area (Å²) >= 11 is 3.59. The molecular weight excluding hydrogens is 284 g/mol. The molecule has 0 saturated heterocycles. The zero-order valence-corrected chi connectivity index (χ0v) is 11.7. The third-order valence-corrected chi connectivity index (χ3v) is 4.11. The molecule has 0 radical (unpaired) electrons. The molecule has 0 bridgehead atoms. The molecule has 0 unspecified atom stereocenters. The van der Waals surface area contributed by atoms with Crippen LogP contribution in [0.4, 0.5) is 0 Å². The maximum absolute atomic E-state index is 3.59. The highest BCUT2D eigenvalue weighted by Crippen LogP contribution is 2.28. The van der Waals surface area contributed by atoms with E-state index in [9.17, 15) is 0 Å². The van der Waals surface area contributed by atoms with E-state index in [1.807, 2.05) is 0 Å². The monoisotopic (exact) mass is 296 g/mol. The van der Waals surface area contributed by atoms with E-state index in [1.165, 1.54) is 27.5 Å². The van der Waals surface area contributed by atoms with Crippen LogP contribution in [0.1, 0.15) is 5.56 Å². The third kappa shape index (κ3) is 2.06. The summed E-state index contributed by atoms with van der Waals surface area (Å²) in [5, 5.41) is 2.57. The molecule has 0 aliphatic heterocycles. The first kappa shape index (κ1) is 11.5. The summed E-state index contributed by atoms with van der Waals surface area (Å²) in [4.78, 5) is 0. The van der Waals surface area contributed by atoms with Gasteiger partial charge in [0, 0.05) is 4.47 Å². The van der Waals surface area contributed by atoms with Gasteiger partial charge in [0.25, 0.3) is 0 Å². The predicted molar refractivity (Wildman–Crippen MR) is 81.8 cm³/mol. The summed E-state index contributed by atoms with van der Waals surface area (Å²) in [6.45, 7) is 2.11. The average molecular weight is 297 g/mol. The lowest BCUT2D eigenvalue weighted by atomic mass is 10.0. The molecule has 0 amide bonds. The highest BCUT2D eigenvalue weighted by atomic mass is 79.9. The van der Waals surface area contributed by atoms with Crippen LogP contribution in [0.2, 0.25) is 0 Å². The van der Waals surface area contributed by atoms with Crippen LogP contribution in [0, 0.1) is 6.92 Å². The Morgan fingerprint density at radius 3 is 2.17 bits per heavy atom. The Kier molecular flexibility index (Phi) is 2.92. The molecule has 3 rings (SSSR count). The lowest BCUT2D eigenvalue weighted by Crippen LogP contribution is -1.81. The Balaban J connectivity index is 2.16. The van der Waals surface area contributed by atoms with Gasteiger partial charge >= 0.3 is 0 Å². The molecule has 0 aliphatic rings. The van der Waals surface area contributed by atoms with E-state index in [0.717, 1.165) is 4.47 Å². The van der Waals surface area contributed by atoms with Crippen molar-refractivity contribution in [2.45, 2.75) is 6.92 Å². The summed E-state index contributed by atoms with van der Waals surface area (Å²) in [5.74, 6) is 0. The van der Waals surface area contributed by atoms with Crippen molar-refractivity contribution in [3.05, 3.63) is 70.7 Å². The van der Waals surface area contributed by atoms with Crippen molar-refractivity contribution in [2.24, 2.45) is 0 Å². The number of aryl methyl sites for hydroxylation is 1. The van der Waals surface area contributed by atoms with Gasteiger partial charge in [-0.25, -0.2) is 0 Å². The predicted octanol–water partition coefficient (Wildman–Crippen LogP) is 5.58. The molecule has 0 saturated carbocycles. The normalized spacial score (nSPS) is 10.8. The van der Waals surface area contributed by atoms with Crippen LogP contribution in [0.15, 0.2) is 65.1 Å². The molecule has 88 valence electrons. The number of halogens is 1. The molecule has 0 nitrogen and oxygen atoms in total. The van der Waals surface area contributed by atoms with Crippen molar-refractivity contribution in [1.29, 1.82) is 0 Å². The Bertz CT molecular complexity index is 714. The van der Waals surface area contributed by atoms with Crippen LogP contribution >= 0.6 is 15.9 Å². The first-order valence-electron chi connectivity index (χ1n) is 5.99. The second kappa shape index (κ2) is 4.58. The SMILES string of the molecule is Cc1ccc(-c2ccc3ccccc3c2)cc1Br. The lowest BCUT2D eigenvalue weighted by Gasteiger charge is -2.06. The second-order valence-corrected chi connectivity index (χ2v) is 5.38. The molecule has 0 N–H and O–H groups in total. The Morgan fingerprint density at radius 1 is 0.722 bits per heavy atom. The first-order valence-corrected chi connectivity index (χ1v) is 6.79. The third-order valence-electron chi connectivity index (χ3n) is 3.25. The molecular formula is C17H13Br. The van der Waals surface area contributed by atoms with Crippen LogP contribution in [-0.2, 0) is 0 Å². The molecule has 3 aromatic carbocycles. The van der Waals surface area contributed by atoms with E-state index in [-0.39, 0.29) is 0 Å². The second-order valence-electron chi connectivity index (χ2n) is 4.53. The summed E-state index contributed by atoms with van der Waals surface area (Å²) in [6, 6.07) is 21.6. The maximum atomic E-state index is 3.59. The van der Waals surface area contributed by atoms with Gasteiger partial charge in [-0.05, 0) is 46.5 Å². The maximum Gasteiger partial charge on any atom is 0.0210 e. The van der Waals surface area contributed by atoms with Crippen molar-refractivity contribution in [2.75, 3.05) is 0 Å². The van der Waals surface area contributed by atoms with Gasteiger partial charge in [-0.1, -0.05) is 64.5 Å². The Labute approximate surface area is 115 Å². The standard InChI is InChI=1S/C17H13Br/c1-12-6-7-16(11-17(12)18)15-9-8-13-4-2-3-5-14(13)10-15/h2-11H,1H3. The van der Waals surface area contributed by atoms with Gasteiger partial charge in [0.15, 0.2) is 0 Å². The van der Waals surface area contributed by atoms with Crippen LogP contribution in [-0.4, -0.2) is 0 Å². The van der Waals surface area contributed by atoms with Crippen LogP contribution in [0.5, 0.6) is 0 Å². The topological polar surface area (TPSA) is 0 Å². The van der Waals surface area contributed by atoms with E-state index < -0.39 is 0 Å². The molecule has 0 heterocycles. The van der Waals surface area contributed by atoms with Crippen molar-refractivity contribution in [3.63, 3.8) is 0 Å². The average Bonchev–Trinajstić information content (AvgIpc) is 2.41. The first-order chi connectivity index (χ1) is 8.74. The molecule has 0 aliphatic carbocycles. The molecule has 0 aromatic heterocycles. The van der Waals surface area contributed by atoms with Crippen molar-refractivity contribution >= 4 is 26.7 Å². The fraction of sp³-hybridized carbons (Fsp3) is 0.0588. The zero-order chi connectivity index (χ0) is 12.5. The van der Waals surface area contributed by atoms with Crippen molar-refractivity contribution in [3.8, 4) is 11.1 Å². The molecule has 1 heteroatoms. The number of hydrogen-bond donors (Lipinski definition) is 0. The van der Waals surface area contributed by atoms with Gasteiger partial charge in [0.05, 0.1) is 0 Å². The lowest BCUT2D eigenvalue weighted by molar-refractivity contribution is 1.43. The van der Waals surface area contributed by atoms with Gasteiger partial charge < -0.3 is 0 Å². The number of hydrogen-bond acceptors (Lipinski definition) is 0. The molecule has 0 spiro atoms. The summed E-state index contributed by atoms with van der Waals surface area (Å²) in [5.41, 5.74) is 3.77. The summed E-state index contributed by atoms with van der Waals surface area (Å²) in [7, 11) is 0. The van der Waals surface area contributed by atoms with Gasteiger partial charge in [-0.3, -0.25) is 0 Å². The Hall–Kier alpha value is -1.60. The highest BCUT2D eigenvalue weighted by Gasteiger charge is 2.01. The molecule has 3 aromatic rings. The summed E-state index contributed by atoms with van der Waals surface area (Å²) in [6.07, 6.45) is 0. The van der Waals surface area contributed by atoms with Gasteiger partial charge in [0.2, 0.25) is 0 Å².